The molecule has 1 aromatic rings. The lowest BCUT2D eigenvalue weighted by Crippen LogP contribution is -2.46. The van der Waals surface area contributed by atoms with Crippen LogP contribution in [0.15, 0.2) is 18.2 Å². The van der Waals surface area contributed by atoms with Crippen molar-refractivity contribution in [1.29, 1.82) is 0 Å². The van der Waals surface area contributed by atoms with Crippen LogP contribution in [0.2, 0.25) is 5.02 Å². The number of hydrogen-bond donors (Lipinski definition) is 2. The highest BCUT2D eigenvalue weighted by Crippen LogP contribution is 2.29. The number of carbonyl (C=O) groups is 1. The topological polar surface area (TPSA) is 41.1 Å². The van der Waals surface area contributed by atoms with Gasteiger partial charge in [0.15, 0.2) is 0 Å². The number of rotatable bonds is 2. The molecule has 2 N–H and O–H groups in total. The summed E-state index contributed by atoms with van der Waals surface area (Å²) in [5.41, 5.74) is 1.40. The van der Waals surface area contributed by atoms with Crippen molar-refractivity contribution in [3.63, 3.8) is 0 Å². The number of halogens is 1. The fraction of sp³-hybridized carbons (Fsp3) is 0.500. The summed E-state index contributed by atoms with van der Waals surface area (Å²) in [5.74, 6) is 0.0695. The van der Waals surface area contributed by atoms with E-state index in [-0.39, 0.29) is 11.3 Å². The van der Waals surface area contributed by atoms with Crippen LogP contribution in [0.5, 0.6) is 0 Å². The van der Waals surface area contributed by atoms with Crippen LogP contribution in [0.3, 0.4) is 0 Å². The highest BCUT2D eigenvalue weighted by atomic mass is 35.5. The van der Waals surface area contributed by atoms with Crippen LogP contribution in [0.1, 0.15) is 25.3 Å². The first-order chi connectivity index (χ1) is 8.53. The van der Waals surface area contributed by atoms with E-state index in [1.165, 1.54) is 0 Å². The molecule has 4 heteroatoms. The lowest BCUT2D eigenvalue weighted by molar-refractivity contribution is -0.125. The summed E-state index contributed by atoms with van der Waals surface area (Å²) in [6.07, 6.45) is 1.96. The van der Waals surface area contributed by atoms with Crippen molar-refractivity contribution in [3.05, 3.63) is 28.8 Å². The molecule has 1 fully saturated rings. The van der Waals surface area contributed by atoms with E-state index in [9.17, 15) is 4.79 Å². The molecule has 1 heterocycles. The zero-order chi connectivity index (χ0) is 13.2. The van der Waals surface area contributed by atoms with Crippen molar-refractivity contribution in [2.45, 2.75) is 26.7 Å². The van der Waals surface area contributed by atoms with Crippen LogP contribution in [0.4, 0.5) is 5.69 Å². The average molecular weight is 267 g/mol. The van der Waals surface area contributed by atoms with Crippen LogP contribution < -0.4 is 10.6 Å². The highest BCUT2D eigenvalue weighted by Gasteiger charge is 2.34. The monoisotopic (exact) mass is 266 g/mol. The molecule has 3 nitrogen and oxygen atoms in total. The number of anilines is 1. The maximum absolute atomic E-state index is 12.4. The third-order valence-electron chi connectivity index (χ3n) is 3.66. The van der Waals surface area contributed by atoms with Gasteiger partial charge in [-0.2, -0.15) is 0 Å². The smallest absolute Gasteiger partial charge is 0.231 e. The standard InChI is InChI=1S/C14H19ClN2O/c1-10-11(15)5-3-6-12(10)17-13(18)14(2)7-4-8-16-9-14/h3,5-6,16H,4,7-9H2,1-2H3,(H,17,18). The van der Waals surface area contributed by atoms with Crippen molar-refractivity contribution in [2.24, 2.45) is 5.41 Å². The van der Waals surface area contributed by atoms with E-state index in [0.29, 0.717) is 5.02 Å². The minimum absolute atomic E-state index is 0.0695. The molecule has 1 amide bonds. The van der Waals surface area contributed by atoms with Crippen molar-refractivity contribution < 1.29 is 4.79 Å². The molecule has 1 aromatic carbocycles. The summed E-state index contributed by atoms with van der Waals surface area (Å²) in [4.78, 5) is 12.4. The molecule has 98 valence electrons. The van der Waals surface area contributed by atoms with Gasteiger partial charge in [0.25, 0.3) is 0 Å². The Morgan fingerprint density at radius 3 is 2.94 bits per heavy atom. The Kier molecular flexibility index (Phi) is 3.93. The number of benzene rings is 1. The van der Waals surface area contributed by atoms with Gasteiger partial charge in [0.2, 0.25) is 5.91 Å². The lowest BCUT2D eigenvalue weighted by atomic mass is 9.82. The first-order valence-corrected chi connectivity index (χ1v) is 6.68. The second-order valence-corrected chi connectivity index (χ2v) is 5.61. The fourth-order valence-corrected chi connectivity index (χ4v) is 2.44. The zero-order valence-corrected chi connectivity index (χ0v) is 11.6. The number of hydrogen-bond acceptors (Lipinski definition) is 2. The van der Waals surface area contributed by atoms with Gasteiger partial charge in [0, 0.05) is 17.3 Å². The van der Waals surface area contributed by atoms with E-state index in [2.05, 4.69) is 10.6 Å². The molecule has 0 aromatic heterocycles. The van der Waals surface area contributed by atoms with Crippen molar-refractivity contribution in [2.75, 3.05) is 18.4 Å². The van der Waals surface area contributed by atoms with Gasteiger partial charge in [-0.15, -0.1) is 0 Å². The van der Waals surface area contributed by atoms with Crippen molar-refractivity contribution in [1.82, 2.24) is 5.32 Å². The molecule has 0 saturated carbocycles. The molecule has 1 aliphatic rings. The van der Waals surface area contributed by atoms with Crippen LogP contribution in [-0.2, 0) is 4.79 Å². The highest BCUT2D eigenvalue weighted by molar-refractivity contribution is 6.31. The average Bonchev–Trinajstić information content (AvgIpc) is 2.36. The molecule has 0 spiro atoms. The number of nitrogens with one attached hydrogen (secondary N) is 2. The molecule has 0 aliphatic carbocycles. The molecule has 0 bridgehead atoms. The summed E-state index contributed by atoms with van der Waals surface area (Å²) >= 11 is 6.05. The van der Waals surface area contributed by atoms with Gasteiger partial charge in [-0.3, -0.25) is 4.79 Å². The van der Waals surface area contributed by atoms with Crippen LogP contribution in [0.25, 0.3) is 0 Å². The fourth-order valence-electron chi connectivity index (χ4n) is 2.27. The predicted molar refractivity (Wildman–Crippen MR) is 75.0 cm³/mol. The minimum Gasteiger partial charge on any atom is -0.325 e. The largest absolute Gasteiger partial charge is 0.325 e. The first kappa shape index (κ1) is 13.4. The van der Waals surface area contributed by atoms with Gasteiger partial charge in [-0.05, 0) is 50.9 Å². The normalized spacial score (nSPS) is 23.7. The van der Waals surface area contributed by atoms with E-state index in [4.69, 9.17) is 11.6 Å². The van der Waals surface area contributed by atoms with Gasteiger partial charge in [0.05, 0.1) is 5.41 Å². The van der Waals surface area contributed by atoms with Gasteiger partial charge in [0.1, 0.15) is 0 Å². The quantitative estimate of drug-likeness (QED) is 0.864. The molecule has 18 heavy (non-hydrogen) atoms. The third kappa shape index (κ3) is 2.68. The van der Waals surface area contributed by atoms with Crippen molar-refractivity contribution >= 4 is 23.2 Å². The molecule has 2 rings (SSSR count). The van der Waals surface area contributed by atoms with E-state index in [0.717, 1.165) is 37.2 Å². The van der Waals surface area contributed by atoms with E-state index in [1.807, 2.05) is 32.0 Å². The maximum atomic E-state index is 12.4. The van der Waals surface area contributed by atoms with Gasteiger partial charge in [-0.1, -0.05) is 17.7 Å². The molecular weight excluding hydrogens is 248 g/mol. The van der Waals surface area contributed by atoms with Crippen LogP contribution >= 0.6 is 11.6 Å². The van der Waals surface area contributed by atoms with Crippen LogP contribution in [-0.4, -0.2) is 19.0 Å². The molecule has 0 radical (unpaired) electrons. The Labute approximate surface area is 113 Å². The Hall–Kier alpha value is -1.06. The van der Waals surface area contributed by atoms with E-state index >= 15 is 0 Å². The Balaban J connectivity index is 2.13. The lowest BCUT2D eigenvalue weighted by Gasteiger charge is -2.32. The summed E-state index contributed by atoms with van der Waals surface area (Å²) in [6, 6.07) is 5.57. The first-order valence-electron chi connectivity index (χ1n) is 6.30. The minimum atomic E-state index is -0.326. The third-order valence-corrected chi connectivity index (χ3v) is 4.07. The second-order valence-electron chi connectivity index (χ2n) is 5.21. The number of amides is 1. The van der Waals surface area contributed by atoms with Crippen molar-refractivity contribution in [3.8, 4) is 0 Å². The molecule has 1 aliphatic heterocycles. The number of piperidine rings is 1. The molecular formula is C14H19ClN2O. The molecule has 1 unspecified atom stereocenters. The van der Waals surface area contributed by atoms with E-state index < -0.39 is 0 Å². The SMILES string of the molecule is Cc1c(Cl)cccc1NC(=O)C1(C)CCCNC1. The van der Waals surface area contributed by atoms with Gasteiger partial charge >= 0.3 is 0 Å². The summed E-state index contributed by atoms with van der Waals surface area (Å²) in [7, 11) is 0. The van der Waals surface area contributed by atoms with E-state index in [1.54, 1.807) is 0 Å². The Morgan fingerprint density at radius 2 is 2.28 bits per heavy atom. The summed E-state index contributed by atoms with van der Waals surface area (Å²) in [6.45, 7) is 5.66. The Morgan fingerprint density at radius 1 is 1.50 bits per heavy atom. The zero-order valence-electron chi connectivity index (χ0n) is 10.8. The summed E-state index contributed by atoms with van der Waals surface area (Å²) < 4.78 is 0. The maximum Gasteiger partial charge on any atom is 0.231 e. The molecule has 1 atom stereocenters. The van der Waals surface area contributed by atoms with Gasteiger partial charge < -0.3 is 10.6 Å². The van der Waals surface area contributed by atoms with Crippen LogP contribution in [0, 0.1) is 12.3 Å². The van der Waals surface area contributed by atoms with Gasteiger partial charge in [-0.25, -0.2) is 0 Å². The summed E-state index contributed by atoms with van der Waals surface area (Å²) in [5, 5.41) is 6.96. The number of carbonyl (C=O) groups excluding carboxylic acids is 1. The predicted octanol–water partition coefficient (Wildman–Crippen LogP) is 2.98. The second kappa shape index (κ2) is 5.29. The molecule has 1 saturated heterocycles. The Bertz CT molecular complexity index is 453.